The molecule has 0 radical (unpaired) electrons. The van der Waals surface area contributed by atoms with Gasteiger partial charge in [0.1, 0.15) is 0 Å². The summed E-state index contributed by atoms with van der Waals surface area (Å²) in [6.45, 7) is 15.2. The molecule has 8 nitrogen and oxygen atoms in total. The van der Waals surface area contributed by atoms with Gasteiger partial charge < -0.3 is 39.4 Å². The van der Waals surface area contributed by atoms with Gasteiger partial charge in [-0.25, -0.2) is 0 Å². The van der Waals surface area contributed by atoms with Gasteiger partial charge in [0.2, 0.25) is 0 Å². The van der Waals surface area contributed by atoms with E-state index in [4.69, 9.17) is 0 Å². The van der Waals surface area contributed by atoms with Gasteiger partial charge in [0.15, 0.2) is 0 Å². The third kappa shape index (κ3) is 79.1. The Kier molecular flexibility index (Phi) is 47.2. The van der Waals surface area contributed by atoms with Crippen molar-refractivity contribution in [2.45, 2.75) is 80.6 Å². The van der Waals surface area contributed by atoms with Crippen LogP contribution in [0.2, 0.25) is 0 Å². The van der Waals surface area contributed by atoms with Crippen LogP contribution in [0.4, 0.5) is 0 Å². The molecule has 0 amide bonds. The van der Waals surface area contributed by atoms with Crippen LogP contribution in [0, 0.1) is 0 Å². The summed E-state index contributed by atoms with van der Waals surface area (Å²) in [7, 11) is 0. The van der Waals surface area contributed by atoms with E-state index in [0.717, 1.165) is 0 Å². The molecule has 0 heterocycles. The zero-order chi connectivity index (χ0) is 20.0. The van der Waals surface area contributed by atoms with Gasteiger partial charge >= 0.3 is 27.3 Å². The Morgan fingerprint density at radius 2 is 0.600 bits per heavy atom. The summed E-state index contributed by atoms with van der Waals surface area (Å²) in [4.78, 5) is 0. The molecule has 0 bridgehead atoms. The fraction of sp³-hybridized carbons (Fsp3) is 1.00. The Morgan fingerprint density at radius 3 is 0.600 bits per heavy atom. The first-order valence-electron chi connectivity index (χ1n) is 8.18. The quantitative estimate of drug-likeness (QED) is 0.259. The molecule has 4 unspecified atom stereocenters. The fourth-order valence-corrected chi connectivity index (χ4v) is 0.939. The van der Waals surface area contributed by atoms with Crippen molar-refractivity contribution in [3.05, 3.63) is 0 Å². The van der Waals surface area contributed by atoms with Crippen LogP contribution in [-0.2, 0) is 18.9 Å². The molecule has 152 valence electrons. The third-order valence-corrected chi connectivity index (χ3v) is 1.61. The van der Waals surface area contributed by atoms with Crippen molar-refractivity contribution in [3.63, 3.8) is 0 Å². The smallest absolute Gasteiger partial charge is 0.831 e. The van der Waals surface area contributed by atoms with Crippen molar-refractivity contribution in [3.8, 4) is 0 Å². The predicted molar refractivity (Wildman–Crippen MR) is 90.1 cm³/mol. The third-order valence-electron chi connectivity index (χ3n) is 1.61. The second-order valence-electron chi connectivity index (χ2n) is 4.09. The molecule has 4 atom stereocenters. The molecule has 0 saturated carbocycles. The standard InChI is InChI=1S/4C4H9O2.Pb/c4*1-3-6-4(2)5;/h4*4H,3H2,1-2H3;/q4*-1;+4. The fourth-order valence-electron chi connectivity index (χ4n) is 0.939. The van der Waals surface area contributed by atoms with Crippen LogP contribution >= 0.6 is 0 Å². The summed E-state index contributed by atoms with van der Waals surface area (Å²) in [5.41, 5.74) is 0. The molecular formula is C16H36O8Pb. The summed E-state index contributed by atoms with van der Waals surface area (Å²) in [6.07, 6.45) is -3.41. The van der Waals surface area contributed by atoms with E-state index >= 15 is 0 Å². The molecule has 0 saturated heterocycles. The van der Waals surface area contributed by atoms with Crippen LogP contribution in [0.3, 0.4) is 0 Å². The predicted octanol–water partition coefficient (Wildman–Crippen LogP) is -1.46. The summed E-state index contributed by atoms with van der Waals surface area (Å²) < 4.78 is 17.9. The normalized spacial score (nSPS) is 13.9. The first-order valence-corrected chi connectivity index (χ1v) is 8.18. The minimum atomic E-state index is -0.852. The van der Waals surface area contributed by atoms with Crippen molar-refractivity contribution in [2.24, 2.45) is 0 Å². The summed E-state index contributed by atoms with van der Waals surface area (Å²) in [5, 5.41) is 39.6. The molecule has 0 aromatic carbocycles. The first-order chi connectivity index (χ1) is 11.1. The van der Waals surface area contributed by atoms with E-state index in [9.17, 15) is 20.4 Å². The van der Waals surface area contributed by atoms with Gasteiger partial charge in [-0.1, -0.05) is 27.7 Å². The maximum Gasteiger partial charge on any atom is 4.00 e. The number of rotatable bonds is 8. The minimum absolute atomic E-state index is 0. The second kappa shape index (κ2) is 32.3. The van der Waals surface area contributed by atoms with E-state index in [1.807, 2.05) is 0 Å². The molecule has 25 heavy (non-hydrogen) atoms. The summed E-state index contributed by atoms with van der Waals surface area (Å²) >= 11 is 0. The van der Waals surface area contributed by atoms with Gasteiger partial charge in [0, 0.05) is 26.4 Å². The maximum atomic E-state index is 9.90. The number of ether oxygens (including phenoxy) is 4. The van der Waals surface area contributed by atoms with Gasteiger partial charge in [-0.05, 0) is 52.9 Å². The zero-order valence-electron chi connectivity index (χ0n) is 16.9. The molecule has 0 aromatic rings. The molecule has 0 spiro atoms. The number of hydrogen-bond acceptors (Lipinski definition) is 8. The van der Waals surface area contributed by atoms with E-state index in [1.165, 1.54) is 27.7 Å². The Morgan fingerprint density at radius 1 is 0.480 bits per heavy atom. The van der Waals surface area contributed by atoms with E-state index in [2.05, 4.69) is 18.9 Å². The molecule has 0 aliphatic heterocycles. The SMILES string of the molecule is CCOC(C)[O-].CCOC(C)[O-].CCOC(C)[O-].CCOC(C)[O-].[Pb+4]. The molecule has 9 heteroatoms. The van der Waals surface area contributed by atoms with Crippen molar-refractivity contribution in [1.82, 2.24) is 0 Å². The van der Waals surface area contributed by atoms with E-state index in [-0.39, 0.29) is 27.3 Å². The molecule has 0 N–H and O–H groups in total. The minimum Gasteiger partial charge on any atom is -0.831 e. The van der Waals surface area contributed by atoms with Gasteiger partial charge in [0.25, 0.3) is 0 Å². The first kappa shape index (κ1) is 36.5. The Labute approximate surface area is 173 Å². The van der Waals surface area contributed by atoms with Crippen LogP contribution in [0.1, 0.15) is 55.4 Å². The second-order valence-corrected chi connectivity index (χ2v) is 4.09. The van der Waals surface area contributed by atoms with Gasteiger partial charge in [-0.2, -0.15) is 0 Å². The molecule has 0 rings (SSSR count). The van der Waals surface area contributed by atoms with Crippen LogP contribution in [-0.4, -0.2) is 78.9 Å². The van der Waals surface area contributed by atoms with Gasteiger partial charge in [0.05, 0.1) is 0 Å². The van der Waals surface area contributed by atoms with E-state index in [1.54, 1.807) is 27.7 Å². The van der Waals surface area contributed by atoms with Crippen molar-refractivity contribution in [1.29, 1.82) is 0 Å². The largest absolute Gasteiger partial charge is 4.00 e. The van der Waals surface area contributed by atoms with Gasteiger partial charge in [-0.3, -0.25) is 0 Å². The van der Waals surface area contributed by atoms with Crippen LogP contribution in [0.25, 0.3) is 0 Å². The molecular weight excluding hydrogens is 527 g/mol. The Bertz CT molecular complexity index is 153. The molecule has 0 aliphatic carbocycles. The molecule has 0 fully saturated rings. The Balaban J connectivity index is -0.0000000702. The van der Waals surface area contributed by atoms with Gasteiger partial charge in [-0.15, -0.1) is 0 Å². The summed E-state index contributed by atoms with van der Waals surface area (Å²) in [5.74, 6) is 0. The average Bonchev–Trinajstić information content (AvgIpc) is 2.39. The van der Waals surface area contributed by atoms with Crippen LogP contribution < -0.4 is 20.4 Å². The topological polar surface area (TPSA) is 129 Å². The molecule has 0 aromatic heterocycles. The van der Waals surface area contributed by atoms with Crippen LogP contribution in [0.5, 0.6) is 0 Å². The monoisotopic (exact) mass is 564 g/mol. The number of hydrogen-bond donors (Lipinski definition) is 0. The van der Waals surface area contributed by atoms with Crippen molar-refractivity contribution in [2.75, 3.05) is 26.4 Å². The molecule has 0 aliphatic rings. The maximum absolute atomic E-state index is 9.90. The van der Waals surface area contributed by atoms with E-state index in [0.29, 0.717) is 26.4 Å². The summed E-state index contributed by atoms with van der Waals surface area (Å²) in [6, 6.07) is 0. The Hall–Kier alpha value is 0.602. The van der Waals surface area contributed by atoms with Crippen molar-refractivity contribution < 1.29 is 39.4 Å². The van der Waals surface area contributed by atoms with Crippen molar-refractivity contribution >= 4 is 27.3 Å². The zero-order valence-corrected chi connectivity index (χ0v) is 20.8. The van der Waals surface area contributed by atoms with Crippen LogP contribution in [0.15, 0.2) is 0 Å². The van der Waals surface area contributed by atoms with E-state index < -0.39 is 25.2 Å². The average molecular weight is 564 g/mol.